The molecule has 1 fully saturated rings. The Hall–Kier alpha value is -3.00. The van der Waals surface area contributed by atoms with Crippen LogP contribution in [0.1, 0.15) is 52.9 Å². The molecule has 38 heavy (non-hydrogen) atoms. The van der Waals surface area contributed by atoms with Crippen LogP contribution < -0.4 is 10.1 Å². The van der Waals surface area contributed by atoms with E-state index < -0.39 is 0 Å². The first-order valence-corrected chi connectivity index (χ1v) is 13.7. The molecule has 200 valence electrons. The van der Waals surface area contributed by atoms with Crippen molar-refractivity contribution < 1.29 is 19.1 Å². The van der Waals surface area contributed by atoms with Gasteiger partial charge in [-0.3, -0.25) is 19.5 Å². The van der Waals surface area contributed by atoms with Crippen molar-refractivity contribution in [2.45, 2.75) is 45.6 Å². The third kappa shape index (κ3) is 5.85. The second kappa shape index (κ2) is 11.8. The molecule has 3 heterocycles. The normalized spacial score (nSPS) is 16.3. The molecule has 1 saturated heterocycles. The van der Waals surface area contributed by atoms with Crippen LogP contribution >= 0.6 is 11.6 Å². The highest BCUT2D eigenvalue weighted by Crippen LogP contribution is 2.33. The predicted octanol–water partition coefficient (Wildman–Crippen LogP) is 5.59. The van der Waals surface area contributed by atoms with Crippen molar-refractivity contribution in [3.05, 3.63) is 63.8 Å². The van der Waals surface area contributed by atoms with Crippen LogP contribution in [-0.4, -0.2) is 55.0 Å². The Morgan fingerprint density at radius 1 is 1.21 bits per heavy atom. The number of hydrogen-bond donors (Lipinski definition) is 1. The zero-order chi connectivity index (χ0) is 26.6. The van der Waals surface area contributed by atoms with Crippen molar-refractivity contribution in [1.29, 1.82) is 0 Å². The number of nitrogens with one attached hydrogen (secondary N) is 1. The Bertz CT molecular complexity index is 1350. The van der Waals surface area contributed by atoms with Gasteiger partial charge in [-0.2, -0.15) is 0 Å². The molecule has 0 spiro atoms. The monoisotopic (exact) mass is 535 g/mol. The van der Waals surface area contributed by atoms with Gasteiger partial charge in [-0.15, -0.1) is 0 Å². The van der Waals surface area contributed by atoms with Crippen LogP contribution in [0.5, 0.6) is 5.75 Å². The number of methoxy groups -OCH3 is 1. The summed E-state index contributed by atoms with van der Waals surface area (Å²) in [6.45, 7) is 4.88. The Morgan fingerprint density at radius 2 is 2.03 bits per heavy atom. The van der Waals surface area contributed by atoms with Gasteiger partial charge in [0.2, 0.25) is 5.91 Å². The zero-order valence-corrected chi connectivity index (χ0v) is 22.8. The van der Waals surface area contributed by atoms with Crippen LogP contribution in [0.3, 0.4) is 0 Å². The van der Waals surface area contributed by atoms with Gasteiger partial charge in [0.15, 0.2) is 5.78 Å². The fourth-order valence-corrected chi connectivity index (χ4v) is 5.76. The summed E-state index contributed by atoms with van der Waals surface area (Å²) < 4.78 is 10.9. The number of ketones is 1. The molecule has 8 heteroatoms. The number of aryl methyl sites for hydroxylation is 1. The molecule has 5 rings (SSSR count). The molecule has 2 aliphatic heterocycles. The summed E-state index contributed by atoms with van der Waals surface area (Å²) in [7, 11) is 1.59. The molecule has 0 unspecified atom stereocenters. The Balaban J connectivity index is 1.38. The highest BCUT2D eigenvalue weighted by molar-refractivity contribution is 6.35. The molecule has 0 aliphatic carbocycles. The van der Waals surface area contributed by atoms with E-state index in [1.54, 1.807) is 7.11 Å². The van der Waals surface area contributed by atoms with Crippen LogP contribution in [0.15, 0.2) is 36.4 Å². The Kier molecular flexibility index (Phi) is 8.27. The molecule has 2 aromatic carbocycles. The summed E-state index contributed by atoms with van der Waals surface area (Å²) >= 11 is 6.52. The van der Waals surface area contributed by atoms with Gasteiger partial charge in [-0.05, 0) is 61.4 Å². The van der Waals surface area contributed by atoms with Crippen LogP contribution in [-0.2, 0) is 22.5 Å². The van der Waals surface area contributed by atoms with Gasteiger partial charge in [0.05, 0.1) is 29.9 Å². The van der Waals surface area contributed by atoms with E-state index in [1.165, 1.54) is 0 Å². The second-order valence-electron chi connectivity index (χ2n) is 10.3. The van der Waals surface area contributed by atoms with E-state index in [2.05, 4.69) is 10.2 Å². The number of nitrogens with zero attached hydrogens (tertiary/aromatic N) is 2. The van der Waals surface area contributed by atoms with Gasteiger partial charge in [0.25, 0.3) is 0 Å². The van der Waals surface area contributed by atoms with E-state index in [0.717, 1.165) is 54.7 Å². The number of ether oxygens (including phenoxy) is 2. The Morgan fingerprint density at radius 3 is 2.82 bits per heavy atom. The number of anilines is 1. The van der Waals surface area contributed by atoms with E-state index in [-0.39, 0.29) is 18.2 Å². The molecule has 7 nitrogen and oxygen atoms in total. The molecule has 1 aromatic heterocycles. The van der Waals surface area contributed by atoms with E-state index in [0.29, 0.717) is 59.4 Å². The molecular formula is C30H34ClN3O4. The molecule has 1 amide bonds. The number of fused-ring (bicyclic) bond motifs is 2. The number of pyridine rings is 1. The van der Waals surface area contributed by atoms with Crippen molar-refractivity contribution in [2.75, 3.05) is 38.7 Å². The van der Waals surface area contributed by atoms with Crippen LogP contribution in [0.25, 0.3) is 10.9 Å². The smallest absolute Gasteiger partial charge is 0.238 e. The van der Waals surface area contributed by atoms with Crippen LogP contribution in [0, 0.1) is 12.8 Å². The minimum absolute atomic E-state index is 0.123. The summed E-state index contributed by atoms with van der Waals surface area (Å²) in [6, 6.07) is 11.3. The lowest BCUT2D eigenvalue weighted by atomic mass is 9.88. The number of rotatable bonds is 8. The van der Waals surface area contributed by atoms with Gasteiger partial charge < -0.3 is 14.8 Å². The largest absolute Gasteiger partial charge is 0.495 e. The number of Topliss-reactive ketones (excluding diaryl/α,β-unsaturated/α-hetero) is 1. The molecule has 0 bridgehead atoms. The summed E-state index contributed by atoms with van der Waals surface area (Å²) in [5.74, 6) is 1.14. The van der Waals surface area contributed by atoms with Crippen molar-refractivity contribution in [1.82, 2.24) is 9.88 Å². The minimum Gasteiger partial charge on any atom is -0.495 e. The molecule has 0 saturated carbocycles. The fraction of sp³-hybridized carbons (Fsp3) is 0.433. The molecule has 0 radical (unpaired) electrons. The maximum absolute atomic E-state index is 13.7. The number of benzene rings is 2. The average molecular weight is 536 g/mol. The van der Waals surface area contributed by atoms with E-state index in [4.69, 9.17) is 26.1 Å². The zero-order valence-electron chi connectivity index (χ0n) is 22.0. The third-order valence-electron chi connectivity index (χ3n) is 7.60. The maximum atomic E-state index is 13.7. The minimum atomic E-state index is -0.124. The quantitative estimate of drug-likeness (QED) is 0.379. The molecular weight excluding hydrogens is 502 g/mol. The molecule has 2 aliphatic rings. The summed E-state index contributed by atoms with van der Waals surface area (Å²) in [5.41, 5.74) is 4.90. The van der Waals surface area contributed by atoms with E-state index in [9.17, 15) is 9.59 Å². The Labute approximate surface area is 228 Å². The van der Waals surface area contributed by atoms with Gasteiger partial charge >= 0.3 is 0 Å². The first-order chi connectivity index (χ1) is 18.4. The number of para-hydroxylation sites is 1. The number of carbonyl (C=O) groups excluding carboxylic acids is 2. The first kappa shape index (κ1) is 26.6. The lowest BCUT2D eigenvalue weighted by Crippen LogP contribution is -2.38. The summed E-state index contributed by atoms with van der Waals surface area (Å²) in [4.78, 5) is 33.7. The number of aromatic nitrogens is 1. The van der Waals surface area contributed by atoms with Crippen molar-refractivity contribution >= 4 is 39.9 Å². The first-order valence-electron chi connectivity index (χ1n) is 13.3. The molecule has 0 atom stereocenters. The predicted molar refractivity (Wildman–Crippen MR) is 149 cm³/mol. The van der Waals surface area contributed by atoms with Crippen molar-refractivity contribution in [3.63, 3.8) is 0 Å². The van der Waals surface area contributed by atoms with E-state index >= 15 is 0 Å². The SMILES string of the molecule is COc1ccc(C)cc1NC(=O)CN1CCc2nc3c(Cl)cccc3c(C(=O)CCC3CCOCC3)c2C1. The summed E-state index contributed by atoms with van der Waals surface area (Å²) in [5, 5.41) is 4.34. The number of carbonyl (C=O) groups is 2. The van der Waals surface area contributed by atoms with Crippen molar-refractivity contribution in [2.24, 2.45) is 5.92 Å². The number of amides is 1. The van der Waals surface area contributed by atoms with Gasteiger partial charge in [0.1, 0.15) is 5.75 Å². The molecule has 1 N–H and O–H groups in total. The summed E-state index contributed by atoms with van der Waals surface area (Å²) in [6.07, 6.45) is 3.99. The standard InChI is InChI=1S/C30H34ClN3O4/c1-19-6-9-27(37-2)25(16-19)32-28(36)18-34-13-10-24-22(17-34)29(21-4-3-5-23(31)30(21)33-24)26(35)8-7-20-11-14-38-15-12-20/h3-6,9,16,20H,7-8,10-15,17-18H2,1-2H3,(H,32,36). The third-order valence-corrected chi connectivity index (χ3v) is 7.90. The van der Waals surface area contributed by atoms with Crippen molar-refractivity contribution in [3.8, 4) is 5.75 Å². The average Bonchev–Trinajstić information content (AvgIpc) is 2.91. The van der Waals surface area contributed by atoms with Crippen LogP contribution in [0.2, 0.25) is 5.02 Å². The lowest BCUT2D eigenvalue weighted by molar-refractivity contribution is -0.117. The fourth-order valence-electron chi connectivity index (χ4n) is 5.54. The molecule has 3 aromatic rings. The highest BCUT2D eigenvalue weighted by atomic mass is 35.5. The van der Waals surface area contributed by atoms with Gasteiger partial charge in [-0.1, -0.05) is 29.8 Å². The van der Waals surface area contributed by atoms with E-state index in [1.807, 2.05) is 43.3 Å². The van der Waals surface area contributed by atoms with Crippen LogP contribution in [0.4, 0.5) is 5.69 Å². The topological polar surface area (TPSA) is 80.8 Å². The number of halogens is 1. The van der Waals surface area contributed by atoms with Gasteiger partial charge in [0, 0.05) is 55.8 Å². The maximum Gasteiger partial charge on any atom is 0.238 e. The second-order valence-corrected chi connectivity index (χ2v) is 10.7. The van der Waals surface area contributed by atoms with Gasteiger partial charge in [-0.25, -0.2) is 0 Å². The lowest BCUT2D eigenvalue weighted by Gasteiger charge is -2.30. The highest BCUT2D eigenvalue weighted by Gasteiger charge is 2.28. The number of hydrogen-bond acceptors (Lipinski definition) is 6.